The fraction of sp³-hybridized carbons (Fsp3) is 0.870. The number of ether oxygens (including phenoxy) is 3. The van der Waals surface area contributed by atoms with E-state index in [9.17, 15) is 15.0 Å². The van der Waals surface area contributed by atoms with E-state index in [2.05, 4.69) is 27.7 Å². The van der Waals surface area contributed by atoms with Crippen molar-refractivity contribution in [3.8, 4) is 0 Å². The number of esters is 1. The average molecular weight is 411 g/mol. The maximum Gasteiger partial charge on any atom is 0.303 e. The van der Waals surface area contributed by atoms with Gasteiger partial charge in [-0.3, -0.25) is 4.79 Å². The highest BCUT2D eigenvalue weighted by molar-refractivity contribution is 5.66. The van der Waals surface area contributed by atoms with Gasteiger partial charge >= 0.3 is 5.97 Å². The van der Waals surface area contributed by atoms with E-state index in [4.69, 9.17) is 14.2 Å². The van der Waals surface area contributed by atoms with E-state index in [0.29, 0.717) is 11.3 Å². The molecule has 6 heteroatoms. The van der Waals surface area contributed by atoms with E-state index in [1.54, 1.807) is 12.5 Å². The minimum Gasteiger partial charge on any atom is -0.454 e. The molecule has 0 aromatic rings. The average Bonchev–Trinajstić information content (AvgIpc) is 2.62. The maximum atomic E-state index is 11.6. The van der Waals surface area contributed by atoms with Crippen LogP contribution in [0, 0.1) is 11.3 Å². The SMILES string of the molecule is CC(=O)OC1C(OC(C)(C)C2CCC3(C)CCCC(C)=C3C2)OC(C)C(O)C1O. The highest BCUT2D eigenvalue weighted by atomic mass is 16.7. The van der Waals surface area contributed by atoms with Gasteiger partial charge in [-0.15, -0.1) is 0 Å². The molecule has 2 fully saturated rings. The molecule has 7 unspecified atom stereocenters. The minimum atomic E-state index is -1.25. The quantitative estimate of drug-likeness (QED) is 0.545. The van der Waals surface area contributed by atoms with E-state index in [0.717, 1.165) is 19.3 Å². The number of hydrogen-bond acceptors (Lipinski definition) is 6. The van der Waals surface area contributed by atoms with Crippen LogP contribution in [0.4, 0.5) is 0 Å². The summed E-state index contributed by atoms with van der Waals surface area (Å²) in [6.45, 7) is 11.7. The van der Waals surface area contributed by atoms with E-state index in [-0.39, 0.29) is 0 Å². The first-order valence-corrected chi connectivity index (χ1v) is 11.0. The molecule has 1 saturated heterocycles. The molecule has 1 saturated carbocycles. The van der Waals surface area contributed by atoms with Crippen LogP contribution in [0.2, 0.25) is 0 Å². The second-order valence-electron chi connectivity index (χ2n) is 10.1. The molecule has 0 amide bonds. The molecule has 2 N–H and O–H groups in total. The summed E-state index contributed by atoms with van der Waals surface area (Å²) in [4.78, 5) is 11.6. The van der Waals surface area contributed by atoms with E-state index < -0.39 is 42.3 Å². The summed E-state index contributed by atoms with van der Waals surface area (Å²) in [5, 5.41) is 20.6. The predicted molar refractivity (Wildman–Crippen MR) is 109 cm³/mol. The molecule has 7 atom stereocenters. The minimum absolute atomic E-state index is 0.305. The van der Waals surface area contributed by atoms with Gasteiger partial charge in [0.1, 0.15) is 12.2 Å². The van der Waals surface area contributed by atoms with Crippen LogP contribution in [-0.4, -0.2) is 52.5 Å². The Balaban J connectivity index is 1.77. The zero-order valence-electron chi connectivity index (χ0n) is 18.7. The number of hydrogen-bond donors (Lipinski definition) is 2. The van der Waals surface area contributed by atoms with Crippen molar-refractivity contribution in [2.75, 3.05) is 0 Å². The summed E-state index contributed by atoms with van der Waals surface area (Å²) in [5.74, 6) is -0.235. The molecule has 0 aromatic carbocycles. The monoisotopic (exact) mass is 410 g/mol. The van der Waals surface area contributed by atoms with Crippen LogP contribution >= 0.6 is 0 Å². The molecule has 6 nitrogen and oxygen atoms in total. The Labute approximate surface area is 174 Å². The zero-order valence-corrected chi connectivity index (χ0v) is 18.7. The Bertz CT molecular complexity index is 656. The number of fused-ring (bicyclic) bond motifs is 1. The van der Waals surface area contributed by atoms with Crippen LogP contribution in [-0.2, 0) is 19.0 Å². The molecule has 166 valence electrons. The summed E-state index contributed by atoms with van der Waals surface area (Å²) in [6.07, 6.45) is 1.95. The number of rotatable bonds is 4. The molecule has 3 aliphatic rings. The number of aliphatic hydroxyl groups is 2. The molecule has 1 aliphatic heterocycles. The van der Waals surface area contributed by atoms with Crippen molar-refractivity contribution < 1.29 is 29.2 Å². The third kappa shape index (κ3) is 4.55. The predicted octanol–water partition coefficient (Wildman–Crippen LogP) is 3.49. The van der Waals surface area contributed by atoms with Crippen molar-refractivity contribution in [3.05, 3.63) is 11.1 Å². The molecular weight excluding hydrogens is 372 g/mol. The van der Waals surface area contributed by atoms with Gasteiger partial charge in [0.15, 0.2) is 12.4 Å². The Morgan fingerprint density at radius 1 is 1.24 bits per heavy atom. The van der Waals surface area contributed by atoms with Gasteiger partial charge in [0, 0.05) is 6.92 Å². The Kier molecular flexibility index (Phi) is 6.50. The standard InChI is InChI=1S/C23H38O6/c1-13-8-7-10-23(6)11-9-16(12-17(13)23)22(4,5)29-21-20(28-15(3)24)19(26)18(25)14(2)27-21/h14,16,18-21,25-26H,7-12H2,1-6H3. The molecule has 29 heavy (non-hydrogen) atoms. The lowest BCUT2D eigenvalue weighted by Crippen LogP contribution is -2.60. The Hall–Kier alpha value is -0.950. The number of aliphatic hydroxyl groups excluding tert-OH is 2. The van der Waals surface area contributed by atoms with Gasteiger partial charge in [0.2, 0.25) is 0 Å². The van der Waals surface area contributed by atoms with Gasteiger partial charge in [0.05, 0.1) is 11.7 Å². The first-order chi connectivity index (χ1) is 13.4. The topological polar surface area (TPSA) is 85.2 Å². The second kappa shape index (κ2) is 8.29. The maximum absolute atomic E-state index is 11.6. The van der Waals surface area contributed by atoms with Crippen LogP contribution in [0.1, 0.15) is 80.1 Å². The zero-order chi connectivity index (χ0) is 21.6. The lowest BCUT2D eigenvalue weighted by molar-refractivity contribution is -0.324. The first kappa shape index (κ1) is 22.7. The number of carbonyl (C=O) groups is 1. The van der Waals surface area contributed by atoms with Gasteiger partial charge < -0.3 is 24.4 Å². The molecule has 0 aromatic heterocycles. The molecule has 0 spiro atoms. The van der Waals surface area contributed by atoms with Crippen LogP contribution in [0.15, 0.2) is 11.1 Å². The lowest BCUT2D eigenvalue weighted by atomic mass is 9.59. The third-order valence-corrected chi connectivity index (χ3v) is 7.51. The van der Waals surface area contributed by atoms with Crippen molar-refractivity contribution in [2.24, 2.45) is 11.3 Å². The summed E-state index contributed by atoms with van der Waals surface area (Å²) in [7, 11) is 0. The normalized spacial score (nSPS) is 41.1. The second-order valence-corrected chi connectivity index (χ2v) is 10.1. The van der Waals surface area contributed by atoms with Crippen LogP contribution < -0.4 is 0 Å². The van der Waals surface area contributed by atoms with E-state index in [1.165, 1.54) is 31.8 Å². The van der Waals surface area contributed by atoms with Crippen LogP contribution in [0.3, 0.4) is 0 Å². The van der Waals surface area contributed by atoms with Gasteiger partial charge in [-0.25, -0.2) is 0 Å². The fourth-order valence-corrected chi connectivity index (χ4v) is 5.50. The van der Waals surface area contributed by atoms with Gasteiger partial charge in [-0.2, -0.15) is 0 Å². The molecule has 2 aliphatic carbocycles. The van der Waals surface area contributed by atoms with Crippen molar-refractivity contribution in [2.45, 2.75) is 116 Å². The highest BCUT2D eigenvalue weighted by Crippen LogP contribution is 2.53. The summed E-state index contributed by atoms with van der Waals surface area (Å²) >= 11 is 0. The largest absolute Gasteiger partial charge is 0.454 e. The number of carbonyl (C=O) groups excluding carboxylic acids is 1. The van der Waals surface area contributed by atoms with Crippen molar-refractivity contribution in [1.29, 1.82) is 0 Å². The number of allylic oxidation sites excluding steroid dienone is 2. The smallest absolute Gasteiger partial charge is 0.303 e. The lowest BCUT2D eigenvalue weighted by Gasteiger charge is -2.50. The highest BCUT2D eigenvalue weighted by Gasteiger charge is 2.49. The molecule has 0 bridgehead atoms. The fourth-order valence-electron chi connectivity index (χ4n) is 5.50. The molecule has 3 rings (SSSR count). The van der Waals surface area contributed by atoms with Crippen LogP contribution in [0.25, 0.3) is 0 Å². The first-order valence-electron chi connectivity index (χ1n) is 11.0. The van der Waals surface area contributed by atoms with Gasteiger partial charge in [-0.05, 0) is 77.6 Å². The van der Waals surface area contributed by atoms with Crippen molar-refractivity contribution in [1.82, 2.24) is 0 Å². The summed E-state index contributed by atoms with van der Waals surface area (Å²) < 4.78 is 17.5. The third-order valence-electron chi connectivity index (χ3n) is 7.51. The summed E-state index contributed by atoms with van der Waals surface area (Å²) in [6, 6.07) is 0. The van der Waals surface area contributed by atoms with Crippen molar-refractivity contribution in [3.63, 3.8) is 0 Å². The molecule has 1 heterocycles. The van der Waals surface area contributed by atoms with Crippen molar-refractivity contribution >= 4 is 5.97 Å². The Morgan fingerprint density at radius 2 is 1.93 bits per heavy atom. The summed E-state index contributed by atoms with van der Waals surface area (Å²) in [5.41, 5.74) is 2.89. The van der Waals surface area contributed by atoms with E-state index >= 15 is 0 Å². The van der Waals surface area contributed by atoms with Gasteiger partial charge in [-0.1, -0.05) is 18.1 Å². The molecular formula is C23H38O6. The molecule has 0 radical (unpaired) electrons. The van der Waals surface area contributed by atoms with Gasteiger partial charge in [0.25, 0.3) is 0 Å². The Morgan fingerprint density at radius 3 is 2.59 bits per heavy atom. The van der Waals surface area contributed by atoms with E-state index in [1.807, 2.05) is 0 Å². The van der Waals surface area contributed by atoms with Crippen LogP contribution in [0.5, 0.6) is 0 Å².